The van der Waals surface area contributed by atoms with Crippen LogP contribution in [0.25, 0.3) is 11.0 Å². The first kappa shape index (κ1) is 10.3. The predicted octanol–water partition coefficient (Wildman–Crippen LogP) is 4.36. The lowest BCUT2D eigenvalue weighted by molar-refractivity contribution is 0.605. The maximum Gasteiger partial charge on any atom is 0.170 e. The number of benzene rings is 1. The highest BCUT2D eigenvalue weighted by atomic mass is 16.3. The molecule has 1 aromatic carbocycles. The summed E-state index contributed by atoms with van der Waals surface area (Å²) in [7, 11) is 0. The normalized spacial score (nSPS) is 11.0. The molecule has 1 aromatic heterocycles. The first-order valence-corrected chi connectivity index (χ1v) is 5.79. The van der Waals surface area contributed by atoms with Gasteiger partial charge in [-0.2, -0.15) is 0 Å². The van der Waals surface area contributed by atoms with Gasteiger partial charge in [0.15, 0.2) is 6.26 Å². The van der Waals surface area contributed by atoms with E-state index in [4.69, 9.17) is 4.42 Å². The SMILES string of the molecule is CCCCCCc1cccc2o[c]cc12. The van der Waals surface area contributed by atoms with E-state index in [1.54, 1.807) is 0 Å². The predicted molar refractivity (Wildman–Crippen MR) is 62.9 cm³/mol. The number of unbranched alkanes of at least 4 members (excludes halogenated alkanes) is 3. The number of hydrogen-bond donors (Lipinski definition) is 0. The molecule has 0 aliphatic carbocycles. The Bertz CT molecular complexity index is 414. The van der Waals surface area contributed by atoms with Gasteiger partial charge in [0, 0.05) is 5.39 Å². The fraction of sp³-hybridized carbons (Fsp3) is 0.429. The van der Waals surface area contributed by atoms with Crippen molar-refractivity contribution in [3.05, 3.63) is 36.1 Å². The second kappa shape index (κ2) is 5.01. The highest BCUT2D eigenvalue weighted by molar-refractivity contribution is 5.80. The van der Waals surface area contributed by atoms with E-state index >= 15 is 0 Å². The summed E-state index contributed by atoms with van der Waals surface area (Å²) in [4.78, 5) is 0. The molecule has 0 bridgehead atoms. The second-order valence-corrected chi connectivity index (χ2v) is 4.00. The molecule has 0 unspecified atom stereocenters. The van der Waals surface area contributed by atoms with E-state index < -0.39 is 0 Å². The van der Waals surface area contributed by atoms with Crippen molar-refractivity contribution in [3.8, 4) is 0 Å². The largest absolute Gasteiger partial charge is 0.453 e. The van der Waals surface area contributed by atoms with Gasteiger partial charge >= 0.3 is 0 Å². The zero-order chi connectivity index (χ0) is 10.5. The number of hydrogen-bond acceptors (Lipinski definition) is 1. The van der Waals surface area contributed by atoms with Gasteiger partial charge in [-0.15, -0.1) is 0 Å². The molecule has 0 amide bonds. The zero-order valence-corrected chi connectivity index (χ0v) is 9.25. The van der Waals surface area contributed by atoms with E-state index in [9.17, 15) is 0 Å². The molecule has 15 heavy (non-hydrogen) atoms. The highest BCUT2D eigenvalue weighted by Gasteiger charge is 2.02. The van der Waals surface area contributed by atoms with Gasteiger partial charge < -0.3 is 4.42 Å². The maximum atomic E-state index is 5.26. The molecule has 2 rings (SSSR count). The fourth-order valence-corrected chi connectivity index (χ4v) is 1.95. The number of aryl methyl sites for hydroxylation is 1. The molecular weight excluding hydrogens is 184 g/mol. The minimum absolute atomic E-state index is 0.961. The smallest absolute Gasteiger partial charge is 0.170 e. The van der Waals surface area contributed by atoms with Crippen LogP contribution in [0.1, 0.15) is 38.2 Å². The average Bonchev–Trinajstić information content (AvgIpc) is 2.73. The van der Waals surface area contributed by atoms with Crippen LogP contribution in [0.15, 0.2) is 28.7 Å². The van der Waals surface area contributed by atoms with E-state index in [0.29, 0.717) is 0 Å². The molecule has 0 aliphatic rings. The molecule has 0 fully saturated rings. The van der Waals surface area contributed by atoms with Gasteiger partial charge in [0.1, 0.15) is 5.58 Å². The summed E-state index contributed by atoms with van der Waals surface area (Å²) in [5.41, 5.74) is 2.36. The van der Waals surface area contributed by atoms with Crippen LogP contribution in [0.2, 0.25) is 0 Å². The van der Waals surface area contributed by atoms with Crippen molar-refractivity contribution in [3.63, 3.8) is 0 Å². The third-order valence-corrected chi connectivity index (χ3v) is 2.83. The summed E-state index contributed by atoms with van der Waals surface area (Å²) in [5, 5.41) is 1.23. The quantitative estimate of drug-likeness (QED) is 0.655. The van der Waals surface area contributed by atoms with Crippen LogP contribution in [0, 0.1) is 6.26 Å². The summed E-state index contributed by atoms with van der Waals surface area (Å²) in [6.45, 7) is 2.24. The molecule has 0 aliphatic heterocycles. The maximum absolute atomic E-state index is 5.26. The van der Waals surface area contributed by atoms with Crippen LogP contribution < -0.4 is 0 Å². The standard InChI is InChI=1S/C14H17O/c1-2-3-4-5-7-12-8-6-9-14-13(12)10-11-15-14/h6,8-10H,2-5,7H2,1H3. The summed E-state index contributed by atoms with van der Waals surface area (Å²) in [6.07, 6.45) is 9.20. The van der Waals surface area contributed by atoms with Crippen LogP contribution in [0.4, 0.5) is 0 Å². The van der Waals surface area contributed by atoms with Gasteiger partial charge in [-0.3, -0.25) is 0 Å². The van der Waals surface area contributed by atoms with E-state index in [0.717, 1.165) is 12.0 Å². The van der Waals surface area contributed by atoms with E-state index in [-0.39, 0.29) is 0 Å². The van der Waals surface area contributed by atoms with Crippen LogP contribution >= 0.6 is 0 Å². The van der Waals surface area contributed by atoms with Crippen LogP contribution in [-0.2, 0) is 6.42 Å². The van der Waals surface area contributed by atoms with Crippen molar-refractivity contribution >= 4 is 11.0 Å². The van der Waals surface area contributed by atoms with Crippen LogP contribution in [0.5, 0.6) is 0 Å². The Kier molecular flexibility index (Phi) is 3.44. The van der Waals surface area contributed by atoms with Crippen molar-refractivity contribution in [2.24, 2.45) is 0 Å². The summed E-state index contributed by atoms with van der Waals surface area (Å²) in [6, 6.07) is 8.21. The molecule has 0 saturated heterocycles. The monoisotopic (exact) mass is 201 g/mol. The van der Waals surface area contributed by atoms with E-state index in [1.807, 2.05) is 12.1 Å². The van der Waals surface area contributed by atoms with Gasteiger partial charge in [-0.05, 0) is 30.5 Å². The summed E-state index contributed by atoms with van der Waals surface area (Å²) in [5.74, 6) is 0. The van der Waals surface area contributed by atoms with Crippen LogP contribution in [-0.4, -0.2) is 0 Å². The Labute approximate surface area is 91.1 Å². The van der Waals surface area contributed by atoms with E-state index in [1.165, 1.54) is 36.6 Å². The third kappa shape index (κ3) is 2.41. The average molecular weight is 201 g/mol. The van der Waals surface area contributed by atoms with Crippen molar-refractivity contribution in [1.29, 1.82) is 0 Å². The topological polar surface area (TPSA) is 13.1 Å². The fourth-order valence-electron chi connectivity index (χ4n) is 1.95. The minimum atomic E-state index is 0.961. The molecule has 0 saturated carbocycles. The third-order valence-electron chi connectivity index (χ3n) is 2.83. The van der Waals surface area contributed by atoms with Crippen molar-refractivity contribution in [2.45, 2.75) is 39.0 Å². The number of fused-ring (bicyclic) bond motifs is 1. The molecular formula is C14H17O. The lowest BCUT2D eigenvalue weighted by atomic mass is 10.0. The van der Waals surface area contributed by atoms with Crippen molar-refractivity contribution < 1.29 is 4.42 Å². The van der Waals surface area contributed by atoms with Crippen molar-refractivity contribution in [1.82, 2.24) is 0 Å². The first-order valence-electron chi connectivity index (χ1n) is 5.79. The molecule has 0 spiro atoms. The minimum Gasteiger partial charge on any atom is -0.453 e. The zero-order valence-electron chi connectivity index (χ0n) is 9.25. The molecule has 2 aromatic rings. The lowest BCUT2D eigenvalue weighted by Gasteiger charge is -2.02. The van der Waals surface area contributed by atoms with Gasteiger partial charge in [-0.25, -0.2) is 0 Å². The Balaban J connectivity index is 2.04. The molecule has 1 radical (unpaired) electrons. The van der Waals surface area contributed by atoms with Gasteiger partial charge in [0.2, 0.25) is 0 Å². The molecule has 0 N–H and O–H groups in total. The number of furan rings is 1. The molecule has 0 atom stereocenters. The van der Waals surface area contributed by atoms with Gasteiger partial charge in [-0.1, -0.05) is 38.3 Å². The first-order chi connectivity index (χ1) is 7.42. The van der Waals surface area contributed by atoms with Gasteiger partial charge in [0.25, 0.3) is 0 Å². The second-order valence-electron chi connectivity index (χ2n) is 4.00. The van der Waals surface area contributed by atoms with Crippen molar-refractivity contribution in [2.75, 3.05) is 0 Å². The molecule has 1 nitrogen and oxygen atoms in total. The summed E-state index contributed by atoms with van der Waals surface area (Å²) < 4.78 is 5.26. The lowest BCUT2D eigenvalue weighted by Crippen LogP contribution is -1.86. The Morgan fingerprint density at radius 1 is 1.20 bits per heavy atom. The van der Waals surface area contributed by atoms with E-state index in [2.05, 4.69) is 25.3 Å². The highest BCUT2D eigenvalue weighted by Crippen LogP contribution is 2.21. The Morgan fingerprint density at radius 2 is 2.13 bits per heavy atom. The Hall–Kier alpha value is -1.24. The summed E-state index contributed by atoms with van der Waals surface area (Å²) >= 11 is 0. The van der Waals surface area contributed by atoms with Crippen LogP contribution in [0.3, 0.4) is 0 Å². The Morgan fingerprint density at radius 3 is 3.00 bits per heavy atom. The van der Waals surface area contributed by atoms with Gasteiger partial charge in [0.05, 0.1) is 0 Å². The number of rotatable bonds is 5. The molecule has 1 heteroatoms. The molecule has 79 valence electrons. The molecule has 1 heterocycles.